The molecule has 1 N–H and O–H groups in total. The number of amides is 1. The number of methoxy groups -OCH3 is 1. The van der Waals surface area contributed by atoms with Crippen LogP contribution >= 0.6 is 0 Å². The minimum Gasteiger partial charge on any atom is -0.496 e. The quantitative estimate of drug-likeness (QED) is 0.743. The van der Waals surface area contributed by atoms with Crippen LogP contribution in [0.2, 0.25) is 0 Å². The minimum atomic E-state index is -0.232. The van der Waals surface area contributed by atoms with Crippen molar-refractivity contribution in [3.05, 3.63) is 53.5 Å². The van der Waals surface area contributed by atoms with Gasteiger partial charge in [-0.3, -0.25) is 9.69 Å². The highest BCUT2D eigenvalue weighted by Gasteiger charge is 2.22. The maximum Gasteiger partial charge on any atom is 0.289 e. The Balaban J connectivity index is 1.67. The van der Waals surface area contributed by atoms with Crippen LogP contribution in [0.1, 0.15) is 21.9 Å². The molecule has 1 amide bonds. The van der Waals surface area contributed by atoms with Crippen molar-refractivity contribution in [2.45, 2.75) is 13.1 Å². The Labute approximate surface area is 166 Å². The second-order valence-corrected chi connectivity index (χ2v) is 7.11. The predicted molar refractivity (Wildman–Crippen MR) is 106 cm³/mol. The van der Waals surface area contributed by atoms with Crippen molar-refractivity contribution < 1.29 is 19.1 Å². The topological polar surface area (TPSA) is 69.4 Å². The molecule has 1 aliphatic heterocycles. The summed E-state index contributed by atoms with van der Waals surface area (Å²) >= 11 is 0. The van der Waals surface area contributed by atoms with E-state index in [2.05, 4.69) is 16.8 Å². The SMILES string of the molecule is COc1ccccc1CN(CCO)C(=O)c1ccc(CN2CCN(C)CC2)o1. The number of likely N-dealkylation sites (N-methyl/N-ethyl adjacent to an activating group) is 1. The summed E-state index contributed by atoms with van der Waals surface area (Å²) in [6, 6.07) is 11.2. The van der Waals surface area contributed by atoms with Crippen LogP contribution in [0.25, 0.3) is 0 Å². The third-order valence-electron chi connectivity index (χ3n) is 5.06. The molecule has 0 unspecified atom stereocenters. The van der Waals surface area contributed by atoms with Gasteiger partial charge in [0.05, 0.1) is 20.3 Å². The largest absolute Gasteiger partial charge is 0.496 e. The first kappa shape index (κ1) is 20.4. The number of hydrogen-bond donors (Lipinski definition) is 1. The van der Waals surface area contributed by atoms with Crippen molar-refractivity contribution in [2.24, 2.45) is 0 Å². The molecule has 28 heavy (non-hydrogen) atoms. The molecule has 1 aromatic carbocycles. The number of nitrogens with zero attached hydrogens (tertiary/aromatic N) is 3. The number of aliphatic hydroxyl groups excluding tert-OH is 1. The molecule has 7 nitrogen and oxygen atoms in total. The van der Waals surface area contributed by atoms with E-state index in [0.717, 1.165) is 37.5 Å². The van der Waals surface area contributed by atoms with Crippen LogP contribution in [-0.2, 0) is 13.1 Å². The first-order valence-corrected chi connectivity index (χ1v) is 9.62. The number of para-hydroxylation sites is 1. The Kier molecular flexibility index (Phi) is 7.08. The van der Waals surface area contributed by atoms with E-state index < -0.39 is 0 Å². The standard InChI is InChI=1S/C21H29N3O4/c1-22-9-11-23(12-10-22)16-18-7-8-20(28-18)21(26)24(13-14-25)15-17-5-3-4-6-19(17)27-2/h3-8,25H,9-16H2,1-2H3. The van der Waals surface area contributed by atoms with Crippen molar-refractivity contribution in [1.29, 1.82) is 0 Å². The third-order valence-corrected chi connectivity index (χ3v) is 5.06. The zero-order chi connectivity index (χ0) is 19.9. The second kappa shape index (κ2) is 9.73. The van der Waals surface area contributed by atoms with Gasteiger partial charge < -0.3 is 24.1 Å². The van der Waals surface area contributed by atoms with Crippen LogP contribution in [0.5, 0.6) is 5.75 Å². The lowest BCUT2D eigenvalue weighted by molar-refractivity contribution is 0.0669. The molecule has 1 aliphatic rings. The first-order valence-electron chi connectivity index (χ1n) is 9.62. The highest BCUT2D eigenvalue weighted by atomic mass is 16.5. The van der Waals surface area contributed by atoms with Crippen LogP contribution in [0.4, 0.5) is 0 Å². The van der Waals surface area contributed by atoms with Gasteiger partial charge in [0, 0.05) is 44.8 Å². The molecule has 0 spiro atoms. The Morgan fingerprint density at radius 3 is 2.64 bits per heavy atom. The van der Waals surface area contributed by atoms with E-state index in [1.165, 1.54) is 0 Å². The van der Waals surface area contributed by atoms with E-state index in [1.54, 1.807) is 18.1 Å². The Bertz CT molecular complexity index is 769. The zero-order valence-corrected chi connectivity index (χ0v) is 16.6. The first-order chi connectivity index (χ1) is 13.6. The summed E-state index contributed by atoms with van der Waals surface area (Å²) in [6.07, 6.45) is 0. The van der Waals surface area contributed by atoms with Gasteiger partial charge in [-0.2, -0.15) is 0 Å². The Morgan fingerprint density at radius 2 is 1.93 bits per heavy atom. The molecular formula is C21H29N3O4. The molecule has 0 atom stereocenters. The molecule has 152 valence electrons. The number of hydrogen-bond acceptors (Lipinski definition) is 6. The second-order valence-electron chi connectivity index (χ2n) is 7.11. The molecular weight excluding hydrogens is 358 g/mol. The summed E-state index contributed by atoms with van der Waals surface area (Å²) in [5.74, 6) is 1.57. The number of furan rings is 1. The number of aliphatic hydroxyl groups is 1. The van der Waals surface area contributed by atoms with Gasteiger partial charge in [-0.05, 0) is 25.2 Å². The molecule has 1 aromatic heterocycles. The van der Waals surface area contributed by atoms with Gasteiger partial charge >= 0.3 is 0 Å². The fourth-order valence-corrected chi connectivity index (χ4v) is 3.37. The van der Waals surface area contributed by atoms with Gasteiger partial charge in [0.2, 0.25) is 0 Å². The number of piperazine rings is 1. The van der Waals surface area contributed by atoms with Gasteiger partial charge in [-0.1, -0.05) is 18.2 Å². The average Bonchev–Trinajstić information content (AvgIpc) is 3.17. The summed E-state index contributed by atoms with van der Waals surface area (Å²) in [7, 11) is 3.73. The van der Waals surface area contributed by atoms with Gasteiger partial charge in [-0.25, -0.2) is 0 Å². The third kappa shape index (κ3) is 5.13. The summed E-state index contributed by atoms with van der Waals surface area (Å²) in [5, 5.41) is 9.41. The zero-order valence-electron chi connectivity index (χ0n) is 16.6. The van der Waals surface area contributed by atoms with Gasteiger partial charge in [0.1, 0.15) is 11.5 Å². The van der Waals surface area contributed by atoms with Crippen LogP contribution in [-0.4, -0.2) is 79.2 Å². The number of benzene rings is 1. The highest BCUT2D eigenvalue weighted by molar-refractivity contribution is 5.91. The molecule has 0 aliphatic carbocycles. The van der Waals surface area contributed by atoms with E-state index in [-0.39, 0.29) is 19.1 Å². The Morgan fingerprint density at radius 1 is 1.18 bits per heavy atom. The molecule has 2 heterocycles. The van der Waals surface area contributed by atoms with Crippen LogP contribution in [0, 0.1) is 0 Å². The normalized spacial score (nSPS) is 15.5. The fourth-order valence-electron chi connectivity index (χ4n) is 3.37. The van der Waals surface area contributed by atoms with E-state index in [9.17, 15) is 9.90 Å². The maximum absolute atomic E-state index is 12.9. The molecule has 1 saturated heterocycles. The van der Waals surface area contributed by atoms with Gasteiger partial charge in [0.25, 0.3) is 5.91 Å². The number of carbonyl (C=O) groups is 1. The van der Waals surface area contributed by atoms with Crippen molar-refractivity contribution in [2.75, 3.05) is 53.5 Å². The van der Waals surface area contributed by atoms with Gasteiger partial charge in [-0.15, -0.1) is 0 Å². The van der Waals surface area contributed by atoms with Crippen molar-refractivity contribution in [1.82, 2.24) is 14.7 Å². The summed E-state index contributed by atoms with van der Waals surface area (Å²) in [6.45, 7) is 5.22. The monoisotopic (exact) mass is 387 g/mol. The highest BCUT2D eigenvalue weighted by Crippen LogP contribution is 2.21. The molecule has 0 radical (unpaired) electrons. The Hall–Kier alpha value is -2.35. The van der Waals surface area contributed by atoms with E-state index in [1.807, 2.05) is 30.3 Å². The lowest BCUT2D eigenvalue weighted by atomic mass is 10.2. The van der Waals surface area contributed by atoms with Crippen molar-refractivity contribution in [3.8, 4) is 5.75 Å². The van der Waals surface area contributed by atoms with E-state index in [0.29, 0.717) is 24.6 Å². The van der Waals surface area contributed by atoms with Crippen LogP contribution < -0.4 is 4.74 Å². The molecule has 0 saturated carbocycles. The van der Waals surface area contributed by atoms with Crippen molar-refractivity contribution in [3.63, 3.8) is 0 Å². The van der Waals surface area contributed by atoms with Crippen molar-refractivity contribution >= 4 is 5.91 Å². The number of carbonyl (C=O) groups excluding carboxylic acids is 1. The molecule has 1 fully saturated rings. The summed E-state index contributed by atoms with van der Waals surface area (Å²) in [5.41, 5.74) is 0.885. The van der Waals surface area contributed by atoms with E-state index in [4.69, 9.17) is 9.15 Å². The number of rotatable bonds is 8. The summed E-state index contributed by atoms with van der Waals surface area (Å²) < 4.78 is 11.2. The molecule has 0 bridgehead atoms. The van der Waals surface area contributed by atoms with Gasteiger partial charge in [0.15, 0.2) is 5.76 Å². The maximum atomic E-state index is 12.9. The molecule has 2 aromatic rings. The lowest BCUT2D eigenvalue weighted by Crippen LogP contribution is -2.43. The fraction of sp³-hybridized carbons (Fsp3) is 0.476. The summed E-state index contributed by atoms with van der Waals surface area (Å²) in [4.78, 5) is 19.2. The average molecular weight is 387 g/mol. The number of ether oxygens (including phenoxy) is 1. The van der Waals surface area contributed by atoms with Crippen LogP contribution in [0.3, 0.4) is 0 Å². The van der Waals surface area contributed by atoms with E-state index >= 15 is 0 Å². The van der Waals surface area contributed by atoms with Crippen LogP contribution in [0.15, 0.2) is 40.8 Å². The molecule has 3 rings (SSSR count). The molecule has 7 heteroatoms. The smallest absolute Gasteiger partial charge is 0.289 e. The predicted octanol–water partition coefficient (Wildman–Crippen LogP) is 1.67. The lowest BCUT2D eigenvalue weighted by Gasteiger charge is -2.31. The minimum absolute atomic E-state index is 0.115.